The van der Waals surface area contributed by atoms with Crippen LogP contribution in [0.3, 0.4) is 0 Å². The summed E-state index contributed by atoms with van der Waals surface area (Å²) in [5.41, 5.74) is 0.397. The van der Waals surface area contributed by atoms with Crippen LogP contribution < -0.4 is 20.7 Å². The van der Waals surface area contributed by atoms with Crippen molar-refractivity contribution in [3.05, 3.63) is 129 Å². The average Bonchev–Trinajstić information content (AvgIpc) is 3.56. The van der Waals surface area contributed by atoms with E-state index in [1.807, 2.05) is 78.9 Å². The zero-order valence-corrected chi connectivity index (χ0v) is 24.5. The summed E-state index contributed by atoms with van der Waals surface area (Å²) >= 11 is 5.36. The zero-order chi connectivity index (χ0) is 29.3. The number of nitrogens with zero attached hydrogens (tertiary/aromatic N) is 1. The fourth-order valence-corrected chi connectivity index (χ4v) is 6.96. The molecular weight excluding hydrogens is 579 g/mol. The Hall–Kier alpha value is -3.70. The first-order valence-electron chi connectivity index (χ1n) is 13.2. The van der Waals surface area contributed by atoms with Crippen LogP contribution in [0.2, 0.25) is 0 Å². The summed E-state index contributed by atoms with van der Waals surface area (Å²) in [5, 5.41) is 0. The molecule has 2 aliphatic rings. The van der Waals surface area contributed by atoms with Crippen LogP contribution in [0.5, 0.6) is 11.5 Å². The Morgan fingerprint density at radius 2 is 1.40 bits per heavy atom. The minimum Gasteiger partial charge on any atom is -0.497 e. The Morgan fingerprint density at radius 1 is 0.833 bits per heavy atom. The highest BCUT2D eigenvalue weighted by molar-refractivity contribution is 8.00. The van der Waals surface area contributed by atoms with Crippen molar-refractivity contribution in [1.82, 2.24) is 9.55 Å². The van der Waals surface area contributed by atoms with Gasteiger partial charge in [-0.15, -0.1) is 9.05 Å². The maximum Gasteiger partial charge on any atom is 0.522 e. The quantitative estimate of drug-likeness (QED) is 0.223. The topological polar surface area (TPSA) is 110 Å². The highest BCUT2D eigenvalue weighted by atomic mass is 32.4. The molecule has 1 unspecified atom stereocenters. The number of nitrogens with one attached hydrogen (secondary N) is 1. The van der Waals surface area contributed by atoms with E-state index in [1.54, 1.807) is 14.2 Å². The second-order valence-corrected chi connectivity index (χ2v) is 11.5. The number of methoxy groups -OCH3 is 2. The molecule has 12 heteroatoms. The molecule has 0 amide bonds. The van der Waals surface area contributed by atoms with Gasteiger partial charge < -0.3 is 18.9 Å². The summed E-state index contributed by atoms with van der Waals surface area (Å²) in [5.74, 6) is 1.42. The minimum atomic E-state index is -1.61. The SMILES string of the molecule is COc1ccc(C(OC[C@H]2O[C@@H](n3ccc(=O)[nH]c3=O)[C@@H]3O[P+](=S)O[C@@H]32)(c2ccccc2)c2ccc(OC)cc2)cc1. The molecule has 1 aromatic heterocycles. The molecule has 2 aliphatic heterocycles. The maximum atomic E-state index is 12.6. The van der Waals surface area contributed by atoms with E-state index in [4.69, 9.17) is 39.8 Å². The van der Waals surface area contributed by atoms with Crippen molar-refractivity contribution >= 4 is 19.0 Å². The van der Waals surface area contributed by atoms with E-state index >= 15 is 0 Å². The summed E-state index contributed by atoms with van der Waals surface area (Å²) in [7, 11) is 1.63. The van der Waals surface area contributed by atoms with Gasteiger partial charge in [0, 0.05) is 12.3 Å². The monoisotopic (exact) mass is 607 g/mol. The first kappa shape index (κ1) is 28.4. The molecule has 2 saturated heterocycles. The molecule has 216 valence electrons. The largest absolute Gasteiger partial charge is 0.522 e. The maximum absolute atomic E-state index is 12.6. The number of benzene rings is 3. The van der Waals surface area contributed by atoms with Gasteiger partial charge in [-0.05, 0) is 41.0 Å². The summed E-state index contributed by atoms with van der Waals surface area (Å²) in [6, 6.07) is 26.6. The zero-order valence-electron chi connectivity index (χ0n) is 22.7. The van der Waals surface area contributed by atoms with Crippen molar-refractivity contribution in [2.45, 2.75) is 30.1 Å². The lowest BCUT2D eigenvalue weighted by Gasteiger charge is -2.37. The molecule has 4 aromatic rings. The van der Waals surface area contributed by atoms with E-state index in [2.05, 4.69) is 4.98 Å². The Balaban J connectivity index is 1.42. The van der Waals surface area contributed by atoms with E-state index in [9.17, 15) is 9.59 Å². The standard InChI is InChI=1S/C30H27N2O8PS/c1-35-22-12-8-20(9-13-22)30(19-6-4-3-5-7-19,21-10-14-23(36-2)15-11-21)37-18-24-26-27(40-41(42)39-26)28(38-24)32-17-16-25(33)31-29(32)34/h3-17,24,26-28H,18H2,1-2H3/p+1/t24-,26-,27-,28-/m1/s1. The molecule has 0 aliphatic carbocycles. The van der Waals surface area contributed by atoms with Gasteiger partial charge in [-0.3, -0.25) is 14.3 Å². The van der Waals surface area contributed by atoms with Crippen LogP contribution >= 0.6 is 7.15 Å². The van der Waals surface area contributed by atoms with E-state index < -0.39 is 48.5 Å². The molecule has 0 radical (unpaired) electrons. The van der Waals surface area contributed by atoms with Crippen molar-refractivity contribution in [2.24, 2.45) is 0 Å². The van der Waals surface area contributed by atoms with Crippen molar-refractivity contribution in [3.63, 3.8) is 0 Å². The number of fused-ring (bicyclic) bond motifs is 1. The van der Waals surface area contributed by atoms with Crippen LogP contribution in [0, 0.1) is 0 Å². The molecule has 0 saturated carbocycles. The van der Waals surface area contributed by atoms with Gasteiger partial charge in [-0.25, -0.2) is 4.79 Å². The van der Waals surface area contributed by atoms with Crippen LogP contribution in [0.4, 0.5) is 0 Å². The smallest absolute Gasteiger partial charge is 0.497 e. The van der Waals surface area contributed by atoms with Crippen LogP contribution in [-0.4, -0.2) is 48.7 Å². The minimum absolute atomic E-state index is 0.0601. The molecule has 0 spiro atoms. The number of hydrogen-bond donors (Lipinski definition) is 1. The molecule has 1 N–H and O–H groups in total. The van der Waals surface area contributed by atoms with Crippen LogP contribution in [0.25, 0.3) is 0 Å². The number of aromatic nitrogens is 2. The highest BCUT2D eigenvalue weighted by Crippen LogP contribution is 2.50. The molecule has 5 atom stereocenters. The Morgan fingerprint density at radius 3 is 1.98 bits per heavy atom. The summed E-state index contributed by atoms with van der Waals surface area (Å²) in [4.78, 5) is 26.6. The van der Waals surface area contributed by atoms with Gasteiger partial charge >= 0.3 is 12.8 Å². The van der Waals surface area contributed by atoms with E-state index in [0.717, 1.165) is 16.7 Å². The molecule has 3 heterocycles. The summed E-state index contributed by atoms with van der Waals surface area (Å²) < 4.78 is 37.4. The van der Waals surface area contributed by atoms with Crippen molar-refractivity contribution in [1.29, 1.82) is 0 Å². The molecule has 0 bridgehead atoms. The third kappa shape index (κ3) is 5.20. The van der Waals surface area contributed by atoms with E-state index in [0.29, 0.717) is 11.5 Å². The number of rotatable bonds is 9. The summed E-state index contributed by atoms with van der Waals surface area (Å²) in [6.07, 6.45) is -1.37. The van der Waals surface area contributed by atoms with Gasteiger partial charge in [-0.2, -0.15) is 0 Å². The lowest BCUT2D eigenvalue weighted by Crippen LogP contribution is -2.39. The Bertz CT molecular complexity index is 1630. The molecule has 10 nitrogen and oxygen atoms in total. The molecule has 2 fully saturated rings. The average molecular weight is 608 g/mol. The first-order valence-corrected chi connectivity index (χ1v) is 15.4. The van der Waals surface area contributed by atoms with Crippen LogP contribution in [-0.2, 0) is 35.9 Å². The lowest BCUT2D eigenvalue weighted by atomic mass is 9.80. The van der Waals surface area contributed by atoms with Gasteiger partial charge in [-0.1, -0.05) is 54.6 Å². The van der Waals surface area contributed by atoms with Gasteiger partial charge in [0.2, 0.25) is 11.8 Å². The van der Waals surface area contributed by atoms with E-state index in [1.165, 1.54) is 16.8 Å². The number of H-pyrrole nitrogens is 1. The van der Waals surface area contributed by atoms with Crippen molar-refractivity contribution in [3.8, 4) is 11.5 Å². The van der Waals surface area contributed by atoms with Crippen LogP contribution in [0.15, 0.2) is 101 Å². The molecule has 42 heavy (non-hydrogen) atoms. The predicted molar refractivity (Wildman–Crippen MR) is 158 cm³/mol. The van der Waals surface area contributed by atoms with Gasteiger partial charge in [0.15, 0.2) is 18.4 Å². The molecule has 6 rings (SSSR count). The number of aromatic amines is 1. The van der Waals surface area contributed by atoms with Gasteiger partial charge in [0.05, 0.1) is 20.8 Å². The Labute approximate surface area is 247 Å². The van der Waals surface area contributed by atoms with Crippen molar-refractivity contribution in [2.75, 3.05) is 20.8 Å². The van der Waals surface area contributed by atoms with E-state index in [-0.39, 0.29) is 6.61 Å². The number of hydrogen-bond acceptors (Lipinski definition) is 9. The Kier molecular flexibility index (Phi) is 8.04. The van der Waals surface area contributed by atoms with Gasteiger partial charge in [0.1, 0.15) is 23.2 Å². The number of ether oxygens (including phenoxy) is 4. The third-order valence-corrected chi connectivity index (χ3v) is 8.81. The van der Waals surface area contributed by atoms with Crippen molar-refractivity contribution < 1.29 is 28.0 Å². The van der Waals surface area contributed by atoms with Crippen LogP contribution in [0.1, 0.15) is 22.9 Å². The fraction of sp³-hybridized carbons (Fsp3) is 0.267. The summed E-state index contributed by atoms with van der Waals surface area (Å²) in [6.45, 7) is 0.0601. The predicted octanol–water partition coefficient (Wildman–Crippen LogP) is 4.02. The first-order chi connectivity index (χ1) is 20.4. The second kappa shape index (κ2) is 11.9. The lowest BCUT2D eigenvalue weighted by molar-refractivity contribution is -0.0962. The molecule has 3 aromatic carbocycles. The normalized spacial score (nSPS) is 22.6. The highest BCUT2D eigenvalue weighted by Gasteiger charge is 2.59. The third-order valence-electron chi connectivity index (χ3n) is 7.46. The molecular formula is C30H28N2O8PS+. The second-order valence-electron chi connectivity index (χ2n) is 9.76. The van der Waals surface area contributed by atoms with Gasteiger partial charge in [0.25, 0.3) is 5.56 Å². The fourth-order valence-electron chi connectivity index (χ4n) is 5.44.